The molecular formula is C14H13F3N2. The maximum atomic E-state index is 13.8. The van der Waals surface area contributed by atoms with Crippen LogP contribution in [0.4, 0.5) is 13.2 Å². The van der Waals surface area contributed by atoms with Gasteiger partial charge < -0.3 is 0 Å². The summed E-state index contributed by atoms with van der Waals surface area (Å²) < 4.78 is 40.0. The Hall–Kier alpha value is -1.85. The lowest BCUT2D eigenvalue weighted by Crippen LogP contribution is -2.30. The van der Waals surface area contributed by atoms with Gasteiger partial charge in [0.15, 0.2) is 0 Å². The van der Waals surface area contributed by atoms with Gasteiger partial charge in [0.2, 0.25) is 0 Å². The Labute approximate surface area is 109 Å². The summed E-state index contributed by atoms with van der Waals surface area (Å²) in [5.41, 5.74) is 3.86. The minimum Gasteiger partial charge on any atom is -0.271 e. The molecule has 0 spiro atoms. The third kappa shape index (κ3) is 2.77. The fourth-order valence-corrected chi connectivity index (χ4v) is 2.01. The number of nitrogens with two attached hydrogens (primary N) is 1. The molecule has 1 unspecified atom stereocenters. The zero-order chi connectivity index (χ0) is 14.0. The van der Waals surface area contributed by atoms with Crippen molar-refractivity contribution in [3.05, 3.63) is 70.5 Å². The molecule has 1 atom stereocenters. The summed E-state index contributed by atoms with van der Waals surface area (Å²) in [6.45, 7) is 1.76. The van der Waals surface area contributed by atoms with Crippen molar-refractivity contribution in [2.75, 3.05) is 0 Å². The van der Waals surface area contributed by atoms with E-state index in [0.717, 1.165) is 17.7 Å². The van der Waals surface area contributed by atoms with E-state index in [9.17, 15) is 13.2 Å². The van der Waals surface area contributed by atoms with Crippen LogP contribution in [0.5, 0.6) is 0 Å². The van der Waals surface area contributed by atoms with Gasteiger partial charge in [-0.2, -0.15) is 0 Å². The average Bonchev–Trinajstić information content (AvgIpc) is 2.36. The number of nitrogens with one attached hydrogen (secondary N) is 1. The van der Waals surface area contributed by atoms with Gasteiger partial charge in [-0.1, -0.05) is 12.1 Å². The van der Waals surface area contributed by atoms with Crippen molar-refractivity contribution in [3.8, 4) is 0 Å². The monoisotopic (exact) mass is 266 g/mol. The standard InChI is InChI=1S/C14H13F3N2/c1-8-2-3-9(15)6-12(8)14(19-18)11-5-4-10(16)7-13(11)17/h2-7,14,19H,18H2,1H3. The molecule has 0 aromatic heterocycles. The first-order valence-corrected chi connectivity index (χ1v) is 5.70. The van der Waals surface area contributed by atoms with Crippen molar-refractivity contribution in [2.45, 2.75) is 13.0 Å². The molecule has 0 saturated carbocycles. The minimum absolute atomic E-state index is 0.164. The van der Waals surface area contributed by atoms with E-state index in [1.54, 1.807) is 13.0 Å². The highest BCUT2D eigenvalue weighted by Gasteiger charge is 2.19. The Kier molecular flexibility index (Phi) is 3.87. The predicted molar refractivity (Wildman–Crippen MR) is 66.7 cm³/mol. The van der Waals surface area contributed by atoms with Crippen LogP contribution in [0.2, 0.25) is 0 Å². The van der Waals surface area contributed by atoms with Gasteiger partial charge in [0.05, 0.1) is 6.04 Å². The molecule has 0 saturated heterocycles. The summed E-state index contributed by atoms with van der Waals surface area (Å²) in [5, 5.41) is 0. The molecule has 5 heteroatoms. The van der Waals surface area contributed by atoms with E-state index in [0.29, 0.717) is 5.56 Å². The summed E-state index contributed by atoms with van der Waals surface area (Å²) in [4.78, 5) is 0. The first-order valence-electron chi connectivity index (χ1n) is 5.70. The third-order valence-electron chi connectivity index (χ3n) is 2.99. The Morgan fingerprint density at radius 3 is 2.21 bits per heavy atom. The van der Waals surface area contributed by atoms with E-state index in [1.165, 1.54) is 18.2 Å². The summed E-state index contributed by atoms with van der Waals surface area (Å²) in [7, 11) is 0. The molecular weight excluding hydrogens is 253 g/mol. The van der Waals surface area contributed by atoms with Crippen molar-refractivity contribution in [1.82, 2.24) is 5.43 Å². The van der Waals surface area contributed by atoms with Crippen LogP contribution in [0.25, 0.3) is 0 Å². The van der Waals surface area contributed by atoms with E-state index >= 15 is 0 Å². The average molecular weight is 266 g/mol. The molecule has 0 fully saturated rings. The van der Waals surface area contributed by atoms with Crippen LogP contribution in [-0.4, -0.2) is 0 Å². The molecule has 0 aliphatic rings. The van der Waals surface area contributed by atoms with E-state index in [2.05, 4.69) is 5.43 Å². The number of aryl methyl sites for hydroxylation is 1. The molecule has 100 valence electrons. The SMILES string of the molecule is Cc1ccc(F)cc1C(NN)c1ccc(F)cc1F. The van der Waals surface area contributed by atoms with Gasteiger partial charge in [-0.3, -0.25) is 5.84 Å². The molecule has 3 N–H and O–H groups in total. The Balaban J connectivity index is 2.52. The van der Waals surface area contributed by atoms with Gasteiger partial charge >= 0.3 is 0 Å². The van der Waals surface area contributed by atoms with Crippen LogP contribution >= 0.6 is 0 Å². The maximum absolute atomic E-state index is 13.8. The van der Waals surface area contributed by atoms with Gasteiger partial charge in [0, 0.05) is 11.6 Å². The smallest absolute Gasteiger partial charge is 0.131 e. The number of hydrazine groups is 1. The fourth-order valence-electron chi connectivity index (χ4n) is 2.01. The topological polar surface area (TPSA) is 38.0 Å². The second kappa shape index (κ2) is 5.42. The quantitative estimate of drug-likeness (QED) is 0.662. The molecule has 2 rings (SSSR count). The van der Waals surface area contributed by atoms with Gasteiger partial charge in [-0.05, 0) is 36.2 Å². The van der Waals surface area contributed by atoms with Gasteiger partial charge in [0.1, 0.15) is 17.5 Å². The van der Waals surface area contributed by atoms with Crippen molar-refractivity contribution in [2.24, 2.45) is 5.84 Å². The lowest BCUT2D eigenvalue weighted by atomic mass is 9.95. The molecule has 2 nitrogen and oxygen atoms in total. The number of halogens is 3. The van der Waals surface area contributed by atoms with E-state index in [-0.39, 0.29) is 5.56 Å². The molecule has 0 heterocycles. The van der Waals surface area contributed by atoms with Crippen LogP contribution in [0, 0.1) is 24.4 Å². The highest BCUT2D eigenvalue weighted by molar-refractivity contribution is 5.37. The zero-order valence-electron chi connectivity index (χ0n) is 10.3. The normalized spacial score (nSPS) is 12.5. The minimum atomic E-state index is -0.740. The van der Waals surface area contributed by atoms with E-state index in [4.69, 9.17) is 5.84 Å². The number of rotatable bonds is 3. The first-order chi connectivity index (χ1) is 9.02. The van der Waals surface area contributed by atoms with Crippen LogP contribution in [0.3, 0.4) is 0 Å². The van der Waals surface area contributed by atoms with Gasteiger partial charge in [0.25, 0.3) is 0 Å². The van der Waals surface area contributed by atoms with E-state index in [1.807, 2.05) is 0 Å². The number of hydrogen-bond donors (Lipinski definition) is 2. The second-order valence-electron chi connectivity index (χ2n) is 4.27. The van der Waals surface area contributed by atoms with Gasteiger partial charge in [-0.15, -0.1) is 0 Å². The third-order valence-corrected chi connectivity index (χ3v) is 2.99. The molecule has 19 heavy (non-hydrogen) atoms. The molecule has 0 bridgehead atoms. The zero-order valence-corrected chi connectivity index (χ0v) is 10.3. The fraction of sp³-hybridized carbons (Fsp3) is 0.143. The molecule has 0 aliphatic heterocycles. The number of hydrogen-bond acceptors (Lipinski definition) is 2. The summed E-state index contributed by atoms with van der Waals surface area (Å²) in [5.74, 6) is 3.59. The van der Waals surface area contributed by atoms with Crippen LogP contribution < -0.4 is 11.3 Å². The highest BCUT2D eigenvalue weighted by atomic mass is 19.1. The predicted octanol–water partition coefficient (Wildman–Crippen LogP) is 2.97. The van der Waals surface area contributed by atoms with Gasteiger partial charge in [-0.25, -0.2) is 18.6 Å². The Bertz CT molecular complexity index is 599. The van der Waals surface area contributed by atoms with Crippen molar-refractivity contribution < 1.29 is 13.2 Å². The van der Waals surface area contributed by atoms with Crippen LogP contribution in [0.15, 0.2) is 36.4 Å². The van der Waals surface area contributed by atoms with Crippen molar-refractivity contribution in [3.63, 3.8) is 0 Å². The largest absolute Gasteiger partial charge is 0.271 e. The van der Waals surface area contributed by atoms with Crippen molar-refractivity contribution >= 4 is 0 Å². The molecule has 2 aromatic rings. The Morgan fingerprint density at radius 2 is 1.58 bits per heavy atom. The molecule has 0 aliphatic carbocycles. The second-order valence-corrected chi connectivity index (χ2v) is 4.27. The first kappa shape index (κ1) is 13.6. The van der Waals surface area contributed by atoms with Crippen LogP contribution in [0.1, 0.15) is 22.7 Å². The highest BCUT2D eigenvalue weighted by Crippen LogP contribution is 2.27. The molecule has 0 radical (unpaired) electrons. The summed E-state index contributed by atoms with van der Waals surface area (Å²) in [6, 6.07) is 6.63. The summed E-state index contributed by atoms with van der Waals surface area (Å²) >= 11 is 0. The molecule has 0 amide bonds. The number of benzene rings is 2. The lowest BCUT2D eigenvalue weighted by Gasteiger charge is -2.19. The lowest BCUT2D eigenvalue weighted by molar-refractivity contribution is 0.538. The summed E-state index contributed by atoms with van der Waals surface area (Å²) in [6.07, 6.45) is 0. The van der Waals surface area contributed by atoms with Crippen LogP contribution in [-0.2, 0) is 0 Å². The van der Waals surface area contributed by atoms with Crippen molar-refractivity contribution in [1.29, 1.82) is 0 Å². The molecule has 2 aromatic carbocycles. The Morgan fingerprint density at radius 1 is 0.947 bits per heavy atom. The maximum Gasteiger partial charge on any atom is 0.131 e. The van der Waals surface area contributed by atoms with E-state index < -0.39 is 23.5 Å².